The van der Waals surface area contributed by atoms with Crippen LogP contribution in [0.4, 0.5) is 8.78 Å². The van der Waals surface area contributed by atoms with E-state index < -0.39 is 11.8 Å². The molecule has 0 N–H and O–H groups in total. The van der Waals surface area contributed by atoms with Gasteiger partial charge in [-0.2, -0.15) is 0 Å². The van der Waals surface area contributed by atoms with Crippen LogP contribution in [-0.4, -0.2) is 24.5 Å². The maximum absolute atomic E-state index is 12.6. The third kappa shape index (κ3) is 2.30. The highest BCUT2D eigenvalue weighted by Crippen LogP contribution is 2.33. The summed E-state index contributed by atoms with van der Waals surface area (Å²) in [7, 11) is 0. The van der Waals surface area contributed by atoms with E-state index in [2.05, 4.69) is 4.98 Å². The molecule has 2 rings (SSSR count). The summed E-state index contributed by atoms with van der Waals surface area (Å²) >= 11 is 5.69. The van der Waals surface area contributed by atoms with E-state index in [0.29, 0.717) is 19.3 Å². The Morgan fingerprint density at radius 1 is 1.53 bits per heavy atom. The fraction of sp³-hybridized carbons (Fsp3) is 0.455. The summed E-state index contributed by atoms with van der Waals surface area (Å²) in [4.78, 5) is 15.1. The van der Waals surface area contributed by atoms with Crippen molar-refractivity contribution in [2.24, 2.45) is 0 Å². The number of halogens is 3. The average Bonchev–Trinajstić information content (AvgIpc) is 2.78. The minimum Gasteiger partial charge on any atom is -0.380 e. The van der Waals surface area contributed by atoms with Gasteiger partial charge in [0.25, 0.3) is 6.43 Å². The molecule has 0 bridgehead atoms. The van der Waals surface area contributed by atoms with Crippen molar-refractivity contribution in [1.29, 1.82) is 0 Å². The maximum atomic E-state index is 12.6. The topological polar surface area (TPSA) is 39.2 Å². The van der Waals surface area contributed by atoms with Crippen LogP contribution in [0.25, 0.3) is 0 Å². The smallest absolute Gasteiger partial charge is 0.264 e. The zero-order valence-electron chi connectivity index (χ0n) is 8.83. The highest BCUT2D eigenvalue weighted by Gasteiger charge is 2.38. The van der Waals surface area contributed by atoms with Crippen LogP contribution >= 0.6 is 11.6 Å². The number of ether oxygens (including phenoxy) is 1. The molecule has 1 aliphatic rings. The SMILES string of the molecule is O=CC1(c2cc(C(F)F)cc(Cl)n2)CCOC1. The molecule has 0 aromatic carbocycles. The molecule has 6 heteroatoms. The second-order valence-electron chi connectivity index (χ2n) is 3.99. The summed E-state index contributed by atoms with van der Waals surface area (Å²) in [5.74, 6) is 0. The first-order valence-corrected chi connectivity index (χ1v) is 5.45. The van der Waals surface area contributed by atoms with Gasteiger partial charge in [-0.1, -0.05) is 11.6 Å². The molecule has 1 atom stereocenters. The quantitative estimate of drug-likeness (QED) is 0.620. The second kappa shape index (κ2) is 4.66. The Morgan fingerprint density at radius 3 is 2.82 bits per heavy atom. The Labute approximate surface area is 102 Å². The third-order valence-corrected chi connectivity index (χ3v) is 3.05. The second-order valence-corrected chi connectivity index (χ2v) is 4.37. The molecule has 1 saturated heterocycles. The first-order chi connectivity index (χ1) is 8.07. The van der Waals surface area contributed by atoms with E-state index in [1.54, 1.807) is 0 Å². The van der Waals surface area contributed by atoms with Crippen molar-refractivity contribution in [3.63, 3.8) is 0 Å². The molecule has 2 heterocycles. The molecular weight excluding hydrogens is 252 g/mol. The number of alkyl halides is 2. The van der Waals surface area contributed by atoms with Crippen LogP contribution in [0.1, 0.15) is 24.1 Å². The Hall–Kier alpha value is -1.07. The molecule has 0 aliphatic carbocycles. The first-order valence-electron chi connectivity index (χ1n) is 5.07. The van der Waals surface area contributed by atoms with E-state index in [-0.39, 0.29) is 23.0 Å². The Kier molecular flexibility index (Phi) is 3.40. The zero-order valence-corrected chi connectivity index (χ0v) is 9.58. The van der Waals surface area contributed by atoms with Gasteiger partial charge in [0.05, 0.1) is 17.7 Å². The summed E-state index contributed by atoms with van der Waals surface area (Å²) in [6.45, 7) is 0.573. The van der Waals surface area contributed by atoms with Gasteiger partial charge in [-0.05, 0) is 18.6 Å². The molecule has 1 aliphatic heterocycles. The number of aldehydes is 1. The molecule has 0 radical (unpaired) electrons. The number of carbonyl (C=O) groups excluding carboxylic acids is 1. The van der Waals surface area contributed by atoms with Gasteiger partial charge in [0.1, 0.15) is 11.4 Å². The number of aromatic nitrogens is 1. The molecule has 1 unspecified atom stereocenters. The number of hydrogen-bond donors (Lipinski definition) is 0. The van der Waals surface area contributed by atoms with Crippen LogP contribution in [0.15, 0.2) is 12.1 Å². The fourth-order valence-corrected chi connectivity index (χ4v) is 2.05. The van der Waals surface area contributed by atoms with Crippen LogP contribution in [0.2, 0.25) is 5.15 Å². The predicted molar refractivity (Wildman–Crippen MR) is 57.4 cm³/mol. The molecule has 3 nitrogen and oxygen atoms in total. The number of rotatable bonds is 3. The van der Waals surface area contributed by atoms with Crippen LogP contribution in [0.5, 0.6) is 0 Å². The van der Waals surface area contributed by atoms with Crippen molar-refractivity contribution < 1.29 is 18.3 Å². The van der Waals surface area contributed by atoms with E-state index in [4.69, 9.17) is 16.3 Å². The van der Waals surface area contributed by atoms with Crippen LogP contribution in [0, 0.1) is 0 Å². The highest BCUT2D eigenvalue weighted by molar-refractivity contribution is 6.29. The van der Waals surface area contributed by atoms with E-state index in [9.17, 15) is 13.6 Å². The van der Waals surface area contributed by atoms with Gasteiger partial charge in [0.2, 0.25) is 0 Å². The van der Waals surface area contributed by atoms with Crippen molar-refractivity contribution in [2.75, 3.05) is 13.2 Å². The number of hydrogen-bond acceptors (Lipinski definition) is 3. The lowest BCUT2D eigenvalue weighted by Gasteiger charge is -2.20. The third-order valence-electron chi connectivity index (χ3n) is 2.86. The first kappa shape index (κ1) is 12.4. The van der Waals surface area contributed by atoms with Crippen molar-refractivity contribution in [2.45, 2.75) is 18.3 Å². The summed E-state index contributed by atoms with van der Waals surface area (Å²) in [5, 5.41) is -0.0362. The highest BCUT2D eigenvalue weighted by atomic mass is 35.5. The Morgan fingerprint density at radius 2 is 2.29 bits per heavy atom. The summed E-state index contributed by atoms with van der Waals surface area (Å²) in [5.41, 5.74) is -0.907. The van der Waals surface area contributed by atoms with Crippen molar-refractivity contribution in [3.05, 3.63) is 28.5 Å². The van der Waals surface area contributed by atoms with Crippen molar-refractivity contribution in [3.8, 4) is 0 Å². The van der Waals surface area contributed by atoms with E-state index >= 15 is 0 Å². The van der Waals surface area contributed by atoms with Crippen molar-refractivity contribution in [1.82, 2.24) is 4.98 Å². The normalized spacial score (nSPS) is 24.2. The van der Waals surface area contributed by atoms with Gasteiger partial charge in [0, 0.05) is 12.2 Å². The zero-order chi connectivity index (χ0) is 12.5. The maximum Gasteiger partial charge on any atom is 0.264 e. The van der Waals surface area contributed by atoms with Crippen LogP contribution < -0.4 is 0 Å². The minimum atomic E-state index is -2.64. The number of carbonyl (C=O) groups is 1. The molecule has 1 aromatic heterocycles. The Balaban J connectivity index is 2.47. The van der Waals surface area contributed by atoms with E-state index in [1.165, 1.54) is 6.07 Å². The van der Waals surface area contributed by atoms with Crippen LogP contribution in [0.3, 0.4) is 0 Å². The van der Waals surface area contributed by atoms with Gasteiger partial charge in [-0.25, -0.2) is 13.8 Å². The van der Waals surface area contributed by atoms with E-state index in [1.807, 2.05) is 0 Å². The fourth-order valence-electron chi connectivity index (χ4n) is 1.83. The summed E-state index contributed by atoms with van der Waals surface area (Å²) < 4.78 is 30.4. The predicted octanol–water partition coefficient (Wildman–Crippen LogP) is 2.53. The molecule has 92 valence electrons. The van der Waals surface area contributed by atoms with Crippen molar-refractivity contribution >= 4 is 17.9 Å². The van der Waals surface area contributed by atoms with E-state index in [0.717, 1.165) is 6.07 Å². The largest absolute Gasteiger partial charge is 0.380 e. The van der Waals surface area contributed by atoms with Gasteiger partial charge in [0.15, 0.2) is 0 Å². The minimum absolute atomic E-state index is 0.0362. The number of pyridine rings is 1. The molecule has 17 heavy (non-hydrogen) atoms. The lowest BCUT2D eigenvalue weighted by Crippen LogP contribution is -2.29. The monoisotopic (exact) mass is 261 g/mol. The Bertz CT molecular complexity index is 433. The summed E-state index contributed by atoms with van der Waals surface area (Å²) in [6, 6.07) is 2.32. The van der Waals surface area contributed by atoms with Gasteiger partial charge >= 0.3 is 0 Å². The van der Waals surface area contributed by atoms with Gasteiger partial charge < -0.3 is 9.53 Å². The average molecular weight is 262 g/mol. The van der Waals surface area contributed by atoms with Crippen LogP contribution in [-0.2, 0) is 14.9 Å². The molecule has 1 fully saturated rings. The summed E-state index contributed by atoms with van der Waals surface area (Å²) in [6.07, 6.45) is -1.50. The molecule has 0 saturated carbocycles. The standard InChI is InChI=1S/C11H10ClF2NO2/c12-9-4-7(10(13)14)3-8(15-9)11(5-16)1-2-17-6-11/h3-5,10H,1-2,6H2. The lowest BCUT2D eigenvalue weighted by molar-refractivity contribution is -0.112. The molecule has 0 spiro atoms. The lowest BCUT2D eigenvalue weighted by atomic mass is 9.84. The number of nitrogens with zero attached hydrogens (tertiary/aromatic N) is 1. The molecule has 0 amide bonds. The van der Waals surface area contributed by atoms with Gasteiger partial charge in [-0.3, -0.25) is 0 Å². The molecule has 1 aromatic rings. The van der Waals surface area contributed by atoms with Gasteiger partial charge in [-0.15, -0.1) is 0 Å². The molecular formula is C11H10ClF2NO2.